The van der Waals surface area contributed by atoms with Gasteiger partial charge in [-0.15, -0.1) is 0 Å². The van der Waals surface area contributed by atoms with Gasteiger partial charge in [-0.2, -0.15) is 0 Å². The van der Waals surface area contributed by atoms with Crippen molar-refractivity contribution in [3.05, 3.63) is 51.5 Å². The second-order valence-corrected chi connectivity index (χ2v) is 6.82. The van der Waals surface area contributed by atoms with E-state index in [9.17, 15) is 8.42 Å². The molecule has 0 atom stereocenters. The van der Waals surface area contributed by atoms with Crippen LogP contribution >= 0.6 is 34.8 Å². The average molecular weight is 352 g/mol. The van der Waals surface area contributed by atoms with Crippen LogP contribution in [-0.2, 0) is 10.0 Å². The van der Waals surface area contributed by atoms with Crippen LogP contribution in [0.4, 0.5) is 11.4 Å². The largest absolute Gasteiger partial charge is 0.398 e. The Bertz CT molecular complexity index is 740. The van der Waals surface area contributed by atoms with Crippen molar-refractivity contribution in [2.24, 2.45) is 0 Å². The summed E-state index contributed by atoms with van der Waals surface area (Å²) >= 11 is 17.5. The minimum Gasteiger partial charge on any atom is -0.398 e. The molecule has 0 aromatic heterocycles. The molecule has 0 saturated heterocycles. The second-order valence-electron chi connectivity index (χ2n) is 3.92. The van der Waals surface area contributed by atoms with Crippen molar-refractivity contribution >= 4 is 56.2 Å². The van der Waals surface area contributed by atoms with Gasteiger partial charge in [-0.25, -0.2) is 8.42 Å². The van der Waals surface area contributed by atoms with Gasteiger partial charge in [0.1, 0.15) is 4.90 Å². The van der Waals surface area contributed by atoms with Crippen LogP contribution in [0.3, 0.4) is 0 Å². The summed E-state index contributed by atoms with van der Waals surface area (Å²) < 4.78 is 27.0. The summed E-state index contributed by atoms with van der Waals surface area (Å²) in [7, 11) is -3.93. The fraction of sp³-hybridized carbons (Fsp3) is 0. The summed E-state index contributed by atoms with van der Waals surface area (Å²) in [6.45, 7) is 0. The van der Waals surface area contributed by atoms with Crippen LogP contribution in [0.1, 0.15) is 0 Å². The number of nitrogen functional groups attached to an aromatic ring is 1. The van der Waals surface area contributed by atoms with Gasteiger partial charge in [0, 0.05) is 10.0 Å². The highest BCUT2D eigenvalue weighted by molar-refractivity contribution is 7.93. The maximum Gasteiger partial charge on any atom is 0.265 e. The maximum absolute atomic E-state index is 12.3. The van der Waals surface area contributed by atoms with Gasteiger partial charge < -0.3 is 5.73 Å². The van der Waals surface area contributed by atoms with Crippen LogP contribution < -0.4 is 10.5 Å². The SMILES string of the molecule is Nc1cc(Cl)cc(Cl)c1S(=O)(=O)Nc1cccc(Cl)c1. The van der Waals surface area contributed by atoms with E-state index in [4.69, 9.17) is 40.5 Å². The zero-order valence-corrected chi connectivity index (χ0v) is 13.0. The highest BCUT2D eigenvalue weighted by Gasteiger charge is 2.22. The fourth-order valence-electron chi connectivity index (χ4n) is 1.62. The topological polar surface area (TPSA) is 72.2 Å². The number of nitrogens with one attached hydrogen (secondary N) is 1. The Hall–Kier alpha value is -1.14. The number of hydrogen-bond acceptors (Lipinski definition) is 3. The van der Waals surface area contributed by atoms with Gasteiger partial charge in [0.05, 0.1) is 16.4 Å². The molecule has 0 heterocycles. The zero-order valence-electron chi connectivity index (χ0n) is 9.90. The van der Waals surface area contributed by atoms with E-state index >= 15 is 0 Å². The quantitative estimate of drug-likeness (QED) is 0.820. The summed E-state index contributed by atoms with van der Waals surface area (Å²) in [5.74, 6) is 0. The van der Waals surface area contributed by atoms with Crippen molar-refractivity contribution in [2.45, 2.75) is 4.90 Å². The Morgan fingerprint density at radius 1 is 1.00 bits per heavy atom. The molecule has 8 heteroatoms. The van der Waals surface area contributed by atoms with E-state index in [1.54, 1.807) is 18.2 Å². The van der Waals surface area contributed by atoms with Gasteiger partial charge in [-0.1, -0.05) is 40.9 Å². The van der Waals surface area contributed by atoms with E-state index in [2.05, 4.69) is 4.72 Å². The average Bonchev–Trinajstić information content (AvgIpc) is 2.25. The molecule has 0 aliphatic rings. The van der Waals surface area contributed by atoms with E-state index in [0.717, 1.165) is 0 Å². The zero-order chi connectivity index (χ0) is 14.9. The first kappa shape index (κ1) is 15.3. The monoisotopic (exact) mass is 350 g/mol. The molecule has 0 amide bonds. The summed E-state index contributed by atoms with van der Waals surface area (Å²) in [4.78, 5) is -0.219. The minimum absolute atomic E-state index is 0.0305. The molecule has 2 aromatic carbocycles. The highest BCUT2D eigenvalue weighted by atomic mass is 35.5. The lowest BCUT2D eigenvalue weighted by Crippen LogP contribution is -2.15. The Labute approximate surface area is 131 Å². The predicted molar refractivity (Wildman–Crippen MR) is 83.1 cm³/mol. The molecular weight excluding hydrogens is 343 g/mol. The molecule has 106 valence electrons. The molecule has 2 rings (SSSR count). The van der Waals surface area contributed by atoms with E-state index in [-0.39, 0.29) is 20.6 Å². The third kappa shape index (κ3) is 3.30. The van der Waals surface area contributed by atoms with E-state index in [0.29, 0.717) is 10.7 Å². The summed E-state index contributed by atoms with van der Waals surface area (Å²) in [5.41, 5.74) is 5.96. The van der Waals surface area contributed by atoms with Crippen LogP contribution in [0.15, 0.2) is 41.3 Å². The van der Waals surface area contributed by atoms with Crippen molar-refractivity contribution in [3.63, 3.8) is 0 Å². The Kier molecular flexibility index (Phi) is 4.34. The van der Waals surface area contributed by atoms with E-state index in [1.165, 1.54) is 18.2 Å². The summed E-state index contributed by atoms with van der Waals surface area (Å²) in [6.07, 6.45) is 0. The van der Waals surface area contributed by atoms with Gasteiger partial charge in [0.2, 0.25) is 0 Å². The molecule has 4 nitrogen and oxygen atoms in total. The first-order chi connectivity index (χ1) is 9.29. The molecule has 0 radical (unpaired) electrons. The van der Waals surface area contributed by atoms with Crippen molar-refractivity contribution in [3.8, 4) is 0 Å². The standard InChI is InChI=1S/C12H9Cl3N2O2S/c13-7-2-1-3-9(4-7)17-20(18,19)12-10(15)5-8(14)6-11(12)16/h1-6,17H,16H2. The Morgan fingerprint density at radius 3 is 2.30 bits per heavy atom. The molecule has 0 unspecified atom stereocenters. The smallest absolute Gasteiger partial charge is 0.265 e. The normalized spacial score (nSPS) is 11.3. The molecule has 0 spiro atoms. The molecule has 0 aliphatic carbocycles. The Morgan fingerprint density at radius 2 is 1.70 bits per heavy atom. The second kappa shape index (κ2) is 5.69. The number of halogens is 3. The van der Waals surface area contributed by atoms with Crippen LogP contribution in [0.2, 0.25) is 15.1 Å². The molecule has 0 aliphatic heterocycles. The van der Waals surface area contributed by atoms with E-state index in [1.807, 2.05) is 0 Å². The minimum atomic E-state index is -3.93. The van der Waals surface area contributed by atoms with Crippen molar-refractivity contribution < 1.29 is 8.42 Å². The van der Waals surface area contributed by atoms with Crippen molar-refractivity contribution in [1.82, 2.24) is 0 Å². The molecule has 0 fully saturated rings. The van der Waals surface area contributed by atoms with Crippen LogP contribution in [0.25, 0.3) is 0 Å². The molecule has 0 saturated carbocycles. The Balaban J connectivity index is 2.46. The third-order valence-corrected chi connectivity index (χ3v) is 4.74. The first-order valence-corrected chi connectivity index (χ1v) is 7.94. The van der Waals surface area contributed by atoms with Gasteiger partial charge in [-0.05, 0) is 30.3 Å². The summed E-state index contributed by atoms with van der Waals surface area (Å²) in [5, 5.41) is 0.610. The highest BCUT2D eigenvalue weighted by Crippen LogP contribution is 2.32. The molecule has 20 heavy (non-hydrogen) atoms. The van der Waals surface area contributed by atoms with Crippen LogP contribution in [-0.4, -0.2) is 8.42 Å². The fourth-order valence-corrected chi connectivity index (χ4v) is 3.85. The molecule has 0 bridgehead atoms. The molecule has 2 aromatic rings. The lowest BCUT2D eigenvalue weighted by molar-refractivity contribution is 0.601. The number of nitrogens with two attached hydrogens (primary N) is 1. The third-order valence-electron chi connectivity index (χ3n) is 2.38. The number of sulfonamides is 1. The van der Waals surface area contributed by atoms with Crippen molar-refractivity contribution in [1.29, 1.82) is 0 Å². The predicted octanol–water partition coefficient (Wildman–Crippen LogP) is 4.03. The van der Waals surface area contributed by atoms with Crippen LogP contribution in [0, 0.1) is 0 Å². The molecular formula is C12H9Cl3N2O2S. The molecule has 3 N–H and O–H groups in total. The van der Waals surface area contributed by atoms with Crippen LogP contribution in [0.5, 0.6) is 0 Å². The first-order valence-electron chi connectivity index (χ1n) is 5.32. The van der Waals surface area contributed by atoms with Gasteiger partial charge >= 0.3 is 0 Å². The summed E-state index contributed by atoms with van der Waals surface area (Å²) in [6, 6.07) is 8.91. The van der Waals surface area contributed by atoms with Gasteiger partial charge in [0.15, 0.2) is 0 Å². The van der Waals surface area contributed by atoms with Gasteiger partial charge in [0.25, 0.3) is 10.0 Å². The maximum atomic E-state index is 12.3. The van der Waals surface area contributed by atoms with Crippen molar-refractivity contribution in [2.75, 3.05) is 10.5 Å². The van der Waals surface area contributed by atoms with Gasteiger partial charge in [-0.3, -0.25) is 4.72 Å². The number of hydrogen-bond donors (Lipinski definition) is 2. The van der Waals surface area contributed by atoms with E-state index < -0.39 is 10.0 Å². The number of anilines is 2. The lowest BCUT2D eigenvalue weighted by atomic mass is 10.3. The number of benzene rings is 2. The number of rotatable bonds is 3. The lowest BCUT2D eigenvalue weighted by Gasteiger charge is -2.12.